The SMILES string of the molecule is Cc1ccc(Oc2ncnc3cccc(C)c23)cc1F. The van der Waals surface area contributed by atoms with Crippen molar-refractivity contribution < 1.29 is 9.13 Å². The summed E-state index contributed by atoms with van der Waals surface area (Å²) in [4.78, 5) is 8.37. The van der Waals surface area contributed by atoms with Crippen LogP contribution in [0.25, 0.3) is 10.9 Å². The lowest BCUT2D eigenvalue weighted by Crippen LogP contribution is -1.94. The standard InChI is InChI=1S/C16H13FN2O/c1-10-6-7-12(8-13(10)17)20-16-15-11(2)4-3-5-14(15)18-9-19-16/h3-9H,1-2H3. The number of nitrogens with zero attached hydrogens (tertiary/aromatic N) is 2. The van der Waals surface area contributed by atoms with Crippen LogP contribution in [0.5, 0.6) is 11.6 Å². The van der Waals surface area contributed by atoms with Gasteiger partial charge in [0.1, 0.15) is 17.9 Å². The Balaban J connectivity index is 2.08. The Labute approximate surface area is 116 Å². The van der Waals surface area contributed by atoms with E-state index < -0.39 is 0 Å². The molecular formula is C16H13FN2O. The van der Waals surface area contributed by atoms with E-state index in [9.17, 15) is 4.39 Å². The largest absolute Gasteiger partial charge is 0.438 e. The lowest BCUT2D eigenvalue weighted by atomic mass is 10.1. The highest BCUT2D eigenvalue weighted by molar-refractivity contribution is 5.86. The molecule has 2 aromatic carbocycles. The average molecular weight is 268 g/mol. The molecule has 0 saturated carbocycles. The molecule has 100 valence electrons. The van der Waals surface area contributed by atoms with Gasteiger partial charge in [0.25, 0.3) is 0 Å². The topological polar surface area (TPSA) is 35.0 Å². The zero-order valence-electron chi connectivity index (χ0n) is 11.2. The van der Waals surface area contributed by atoms with Gasteiger partial charge in [-0.3, -0.25) is 0 Å². The Morgan fingerprint density at radius 1 is 1.00 bits per heavy atom. The lowest BCUT2D eigenvalue weighted by molar-refractivity contribution is 0.462. The summed E-state index contributed by atoms with van der Waals surface area (Å²) < 4.78 is 19.3. The number of hydrogen-bond acceptors (Lipinski definition) is 3. The number of rotatable bonds is 2. The Morgan fingerprint density at radius 2 is 1.85 bits per heavy atom. The molecule has 0 atom stereocenters. The van der Waals surface area contributed by atoms with E-state index in [2.05, 4.69) is 9.97 Å². The molecule has 0 bridgehead atoms. The van der Waals surface area contributed by atoms with Crippen molar-refractivity contribution in [1.29, 1.82) is 0 Å². The number of benzene rings is 2. The van der Waals surface area contributed by atoms with E-state index in [0.717, 1.165) is 16.5 Å². The van der Waals surface area contributed by atoms with Crippen LogP contribution in [-0.4, -0.2) is 9.97 Å². The van der Waals surface area contributed by atoms with Gasteiger partial charge in [0.2, 0.25) is 5.88 Å². The summed E-state index contributed by atoms with van der Waals surface area (Å²) in [6.45, 7) is 3.68. The summed E-state index contributed by atoms with van der Waals surface area (Å²) in [5.74, 6) is 0.574. The Morgan fingerprint density at radius 3 is 2.65 bits per heavy atom. The van der Waals surface area contributed by atoms with Crippen molar-refractivity contribution in [3.63, 3.8) is 0 Å². The second kappa shape index (κ2) is 4.89. The third kappa shape index (κ3) is 2.20. The van der Waals surface area contributed by atoms with Gasteiger partial charge < -0.3 is 4.74 Å². The Bertz CT molecular complexity index is 781. The lowest BCUT2D eigenvalue weighted by Gasteiger charge is -2.09. The van der Waals surface area contributed by atoms with Crippen molar-refractivity contribution in [3.05, 3.63) is 59.7 Å². The van der Waals surface area contributed by atoms with E-state index in [0.29, 0.717) is 17.2 Å². The van der Waals surface area contributed by atoms with Crippen molar-refractivity contribution in [2.75, 3.05) is 0 Å². The van der Waals surface area contributed by atoms with E-state index >= 15 is 0 Å². The number of fused-ring (bicyclic) bond motifs is 1. The minimum absolute atomic E-state index is 0.294. The van der Waals surface area contributed by atoms with Crippen LogP contribution in [0.15, 0.2) is 42.7 Å². The molecule has 0 aliphatic rings. The first-order valence-electron chi connectivity index (χ1n) is 6.29. The van der Waals surface area contributed by atoms with E-state index in [4.69, 9.17) is 4.74 Å². The molecule has 0 unspecified atom stereocenters. The molecule has 3 nitrogen and oxygen atoms in total. The Hall–Kier alpha value is -2.49. The number of aromatic nitrogens is 2. The van der Waals surface area contributed by atoms with Crippen LogP contribution in [0.2, 0.25) is 0 Å². The third-order valence-corrected chi connectivity index (χ3v) is 3.19. The number of ether oxygens (including phenoxy) is 1. The van der Waals surface area contributed by atoms with E-state index in [-0.39, 0.29) is 5.82 Å². The summed E-state index contributed by atoms with van der Waals surface area (Å²) in [5, 5.41) is 0.844. The van der Waals surface area contributed by atoms with E-state index in [1.807, 2.05) is 25.1 Å². The van der Waals surface area contributed by atoms with Gasteiger partial charge in [0.05, 0.1) is 10.9 Å². The summed E-state index contributed by atoms with van der Waals surface area (Å²) in [7, 11) is 0. The molecule has 3 aromatic rings. The molecule has 0 fully saturated rings. The van der Waals surface area contributed by atoms with Crippen LogP contribution >= 0.6 is 0 Å². The second-order valence-electron chi connectivity index (χ2n) is 4.66. The van der Waals surface area contributed by atoms with E-state index in [1.54, 1.807) is 19.1 Å². The number of aryl methyl sites for hydroxylation is 2. The van der Waals surface area contributed by atoms with Crippen molar-refractivity contribution in [3.8, 4) is 11.6 Å². The predicted octanol–water partition coefficient (Wildman–Crippen LogP) is 4.18. The van der Waals surface area contributed by atoms with Gasteiger partial charge in [-0.25, -0.2) is 14.4 Å². The first-order valence-corrected chi connectivity index (χ1v) is 6.29. The summed E-state index contributed by atoms with van der Waals surface area (Å²) in [6, 6.07) is 10.6. The highest BCUT2D eigenvalue weighted by Gasteiger charge is 2.09. The van der Waals surface area contributed by atoms with Crippen molar-refractivity contribution >= 4 is 10.9 Å². The fraction of sp³-hybridized carbons (Fsp3) is 0.125. The summed E-state index contributed by atoms with van der Waals surface area (Å²) >= 11 is 0. The van der Waals surface area contributed by atoms with Crippen molar-refractivity contribution in [2.45, 2.75) is 13.8 Å². The maximum atomic E-state index is 13.6. The first-order chi connectivity index (χ1) is 9.65. The van der Waals surface area contributed by atoms with Crippen LogP contribution < -0.4 is 4.74 Å². The zero-order valence-corrected chi connectivity index (χ0v) is 11.2. The Kier molecular flexibility index (Phi) is 3.06. The van der Waals surface area contributed by atoms with Gasteiger partial charge in [-0.2, -0.15) is 0 Å². The molecule has 20 heavy (non-hydrogen) atoms. The average Bonchev–Trinajstić information content (AvgIpc) is 2.43. The van der Waals surface area contributed by atoms with Crippen molar-refractivity contribution in [2.24, 2.45) is 0 Å². The molecule has 0 saturated heterocycles. The molecular weight excluding hydrogens is 255 g/mol. The second-order valence-corrected chi connectivity index (χ2v) is 4.66. The zero-order chi connectivity index (χ0) is 14.1. The smallest absolute Gasteiger partial charge is 0.230 e. The van der Waals surface area contributed by atoms with Gasteiger partial charge >= 0.3 is 0 Å². The molecule has 0 aliphatic carbocycles. The summed E-state index contributed by atoms with van der Waals surface area (Å²) in [5.41, 5.74) is 2.41. The fourth-order valence-electron chi connectivity index (χ4n) is 2.07. The van der Waals surface area contributed by atoms with E-state index in [1.165, 1.54) is 12.4 Å². The van der Waals surface area contributed by atoms with Gasteiger partial charge in [-0.1, -0.05) is 18.2 Å². The normalized spacial score (nSPS) is 10.8. The molecule has 0 radical (unpaired) electrons. The van der Waals surface area contributed by atoms with Crippen LogP contribution in [0.1, 0.15) is 11.1 Å². The molecule has 0 aliphatic heterocycles. The van der Waals surface area contributed by atoms with Gasteiger partial charge in [-0.15, -0.1) is 0 Å². The molecule has 0 spiro atoms. The highest BCUT2D eigenvalue weighted by Crippen LogP contribution is 2.29. The molecule has 3 rings (SSSR count). The molecule has 0 amide bonds. The molecule has 4 heteroatoms. The fourth-order valence-corrected chi connectivity index (χ4v) is 2.07. The first kappa shape index (κ1) is 12.5. The quantitative estimate of drug-likeness (QED) is 0.699. The maximum absolute atomic E-state index is 13.6. The van der Waals surface area contributed by atoms with Crippen LogP contribution in [-0.2, 0) is 0 Å². The summed E-state index contributed by atoms with van der Waals surface area (Å²) in [6.07, 6.45) is 1.45. The van der Waals surface area contributed by atoms with Gasteiger partial charge in [0, 0.05) is 6.07 Å². The van der Waals surface area contributed by atoms with Crippen LogP contribution in [0.3, 0.4) is 0 Å². The van der Waals surface area contributed by atoms with Crippen molar-refractivity contribution in [1.82, 2.24) is 9.97 Å². The third-order valence-electron chi connectivity index (χ3n) is 3.19. The minimum Gasteiger partial charge on any atom is -0.438 e. The molecule has 0 N–H and O–H groups in total. The van der Waals surface area contributed by atoms with Gasteiger partial charge in [0.15, 0.2) is 0 Å². The minimum atomic E-state index is -0.294. The monoisotopic (exact) mass is 268 g/mol. The number of halogens is 1. The highest BCUT2D eigenvalue weighted by atomic mass is 19.1. The molecule has 1 heterocycles. The van der Waals surface area contributed by atoms with Crippen LogP contribution in [0, 0.1) is 19.7 Å². The van der Waals surface area contributed by atoms with Gasteiger partial charge in [-0.05, 0) is 37.1 Å². The number of hydrogen-bond donors (Lipinski definition) is 0. The van der Waals surface area contributed by atoms with Crippen LogP contribution in [0.4, 0.5) is 4.39 Å². The molecule has 1 aromatic heterocycles. The maximum Gasteiger partial charge on any atom is 0.230 e. The predicted molar refractivity (Wildman–Crippen MR) is 75.5 cm³/mol.